The maximum absolute atomic E-state index is 13.1. The molecule has 1 atom stereocenters. The summed E-state index contributed by atoms with van der Waals surface area (Å²) in [5.41, 5.74) is 2.48. The summed E-state index contributed by atoms with van der Waals surface area (Å²) in [6.45, 7) is 6.12. The Labute approximate surface area is 214 Å². The fourth-order valence-corrected chi connectivity index (χ4v) is 4.63. The van der Waals surface area contributed by atoms with Gasteiger partial charge in [-0.1, -0.05) is 37.3 Å². The van der Waals surface area contributed by atoms with Crippen molar-refractivity contribution in [3.8, 4) is 5.75 Å². The van der Waals surface area contributed by atoms with Crippen LogP contribution in [0.4, 0.5) is 0 Å². The number of rotatable bonds is 11. The molecule has 0 spiro atoms. The summed E-state index contributed by atoms with van der Waals surface area (Å²) in [4.78, 5) is 18.4. The monoisotopic (exact) mass is 498 g/mol. The number of hydrogen-bond donors (Lipinski definition) is 1. The Bertz CT molecular complexity index is 1490. The number of H-pyrrole nitrogens is 1. The van der Waals surface area contributed by atoms with Crippen molar-refractivity contribution in [2.75, 3.05) is 6.61 Å². The van der Waals surface area contributed by atoms with Crippen molar-refractivity contribution in [1.82, 2.24) is 30.1 Å². The molecule has 3 aromatic heterocycles. The van der Waals surface area contributed by atoms with Crippen LogP contribution in [0.15, 0.2) is 82.2 Å². The van der Waals surface area contributed by atoms with Gasteiger partial charge in [0, 0.05) is 29.6 Å². The van der Waals surface area contributed by atoms with Crippen molar-refractivity contribution in [2.45, 2.75) is 45.9 Å². The third-order valence-corrected chi connectivity index (χ3v) is 6.38. The van der Waals surface area contributed by atoms with E-state index in [1.165, 1.54) is 0 Å². The zero-order chi connectivity index (χ0) is 25.6. The van der Waals surface area contributed by atoms with Gasteiger partial charge in [0.15, 0.2) is 5.82 Å². The number of fused-ring (bicyclic) bond motifs is 1. The number of aromatic nitrogens is 5. The predicted octanol–water partition coefficient (Wildman–Crippen LogP) is 4.71. The predicted molar refractivity (Wildman–Crippen MR) is 140 cm³/mol. The molecule has 190 valence electrons. The van der Waals surface area contributed by atoms with E-state index in [4.69, 9.17) is 9.15 Å². The second kappa shape index (κ2) is 11.2. The van der Waals surface area contributed by atoms with Crippen molar-refractivity contribution in [3.63, 3.8) is 0 Å². The molecule has 3 heterocycles. The molecule has 0 aliphatic rings. The second-order valence-corrected chi connectivity index (χ2v) is 8.89. The van der Waals surface area contributed by atoms with E-state index in [1.807, 2.05) is 61.5 Å². The maximum Gasteiger partial charge on any atom is 0.252 e. The summed E-state index contributed by atoms with van der Waals surface area (Å²) >= 11 is 0. The van der Waals surface area contributed by atoms with E-state index in [-0.39, 0.29) is 11.6 Å². The highest BCUT2D eigenvalue weighted by Gasteiger charge is 2.26. The lowest BCUT2D eigenvalue weighted by molar-refractivity contribution is 0.161. The molecule has 9 heteroatoms. The number of furan rings is 1. The molecular formula is C28H30N6O3. The van der Waals surface area contributed by atoms with Gasteiger partial charge in [-0.15, -0.1) is 5.10 Å². The van der Waals surface area contributed by atoms with Crippen molar-refractivity contribution >= 4 is 10.9 Å². The Morgan fingerprint density at radius 2 is 1.92 bits per heavy atom. The number of hydrogen-bond acceptors (Lipinski definition) is 7. The van der Waals surface area contributed by atoms with E-state index in [0.717, 1.165) is 40.2 Å². The zero-order valence-corrected chi connectivity index (χ0v) is 21.0. The Morgan fingerprint density at radius 3 is 2.68 bits per heavy atom. The van der Waals surface area contributed by atoms with Gasteiger partial charge < -0.3 is 14.1 Å². The van der Waals surface area contributed by atoms with Gasteiger partial charge >= 0.3 is 0 Å². The number of nitrogens with one attached hydrogen (secondary N) is 1. The molecule has 0 saturated heterocycles. The highest BCUT2D eigenvalue weighted by atomic mass is 16.5. The van der Waals surface area contributed by atoms with Gasteiger partial charge in [0.2, 0.25) is 0 Å². The standard InChI is InChI=1S/C28H30N6O3/c1-3-26(27-30-31-32-34(27)19-24-11-8-14-37-24)33(17-20-9-6-5-7-10-20)18-22-15-21-16-23(36-4-2)12-13-25(21)29-28(22)35/h5-16,26H,3-4,17-19H2,1-2H3,(H,29,35)/t26-/m0/s1. The Balaban J connectivity index is 1.51. The third kappa shape index (κ3) is 5.62. The third-order valence-electron chi connectivity index (χ3n) is 6.38. The molecule has 0 bridgehead atoms. The van der Waals surface area contributed by atoms with Crippen LogP contribution in [0.5, 0.6) is 5.75 Å². The van der Waals surface area contributed by atoms with Crippen LogP contribution < -0.4 is 10.3 Å². The molecule has 0 amide bonds. The highest BCUT2D eigenvalue weighted by Crippen LogP contribution is 2.27. The van der Waals surface area contributed by atoms with Gasteiger partial charge in [0.05, 0.1) is 18.9 Å². The molecule has 2 aromatic carbocycles. The van der Waals surface area contributed by atoms with Crippen LogP contribution in [0.3, 0.4) is 0 Å². The molecule has 0 aliphatic heterocycles. The normalized spacial score (nSPS) is 12.3. The maximum atomic E-state index is 13.1. The van der Waals surface area contributed by atoms with Gasteiger partial charge in [-0.3, -0.25) is 9.69 Å². The minimum atomic E-state index is -0.130. The summed E-state index contributed by atoms with van der Waals surface area (Å²) in [5.74, 6) is 2.28. The van der Waals surface area contributed by atoms with Crippen LogP contribution in [0.2, 0.25) is 0 Å². The summed E-state index contributed by atoms with van der Waals surface area (Å²) < 4.78 is 13.0. The molecule has 5 rings (SSSR count). The van der Waals surface area contributed by atoms with Crippen molar-refractivity contribution in [3.05, 3.63) is 106 Å². The highest BCUT2D eigenvalue weighted by molar-refractivity contribution is 5.80. The number of tetrazole rings is 1. The number of nitrogens with zero attached hydrogens (tertiary/aromatic N) is 5. The topological polar surface area (TPSA) is 102 Å². The first-order valence-corrected chi connectivity index (χ1v) is 12.5. The number of pyridine rings is 1. The van der Waals surface area contributed by atoms with E-state index in [0.29, 0.717) is 31.8 Å². The summed E-state index contributed by atoms with van der Waals surface area (Å²) in [5, 5.41) is 13.5. The van der Waals surface area contributed by atoms with Crippen LogP contribution >= 0.6 is 0 Å². The Kier molecular flexibility index (Phi) is 7.41. The molecule has 0 fully saturated rings. The van der Waals surface area contributed by atoms with E-state index in [1.54, 1.807) is 10.9 Å². The summed E-state index contributed by atoms with van der Waals surface area (Å²) in [6, 6.07) is 21.5. The first-order chi connectivity index (χ1) is 18.1. The lowest BCUT2D eigenvalue weighted by Crippen LogP contribution is -2.32. The van der Waals surface area contributed by atoms with E-state index < -0.39 is 0 Å². The molecule has 0 unspecified atom stereocenters. The molecule has 9 nitrogen and oxygen atoms in total. The average Bonchev–Trinajstić information content (AvgIpc) is 3.59. The summed E-state index contributed by atoms with van der Waals surface area (Å²) in [7, 11) is 0. The van der Waals surface area contributed by atoms with Gasteiger partial charge in [0.25, 0.3) is 5.56 Å². The molecule has 37 heavy (non-hydrogen) atoms. The molecule has 1 N–H and O–H groups in total. The van der Waals surface area contributed by atoms with Gasteiger partial charge in [0.1, 0.15) is 18.1 Å². The number of aromatic amines is 1. The quantitative estimate of drug-likeness (QED) is 0.281. The van der Waals surface area contributed by atoms with Gasteiger partial charge in [-0.2, -0.15) is 0 Å². The lowest BCUT2D eigenvalue weighted by Gasteiger charge is -2.30. The van der Waals surface area contributed by atoms with E-state index >= 15 is 0 Å². The fourth-order valence-electron chi connectivity index (χ4n) is 4.63. The zero-order valence-electron chi connectivity index (χ0n) is 21.0. The minimum Gasteiger partial charge on any atom is -0.494 e. The lowest BCUT2D eigenvalue weighted by atomic mass is 10.1. The molecule has 0 saturated carbocycles. The second-order valence-electron chi connectivity index (χ2n) is 8.89. The number of benzene rings is 2. The molecule has 0 aliphatic carbocycles. The Morgan fingerprint density at radius 1 is 1.05 bits per heavy atom. The van der Waals surface area contributed by atoms with Crippen LogP contribution in [-0.4, -0.2) is 36.7 Å². The van der Waals surface area contributed by atoms with E-state index in [9.17, 15) is 4.79 Å². The number of ether oxygens (including phenoxy) is 1. The minimum absolute atomic E-state index is 0.111. The van der Waals surface area contributed by atoms with Crippen LogP contribution in [0, 0.1) is 0 Å². The smallest absolute Gasteiger partial charge is 0.252 e. The molecular weight excluding hydrogens is 468 g/mol. The van der Waals surface area contributed by atoms with Gasteiger partial charge in [-0.25, -0.2) is 4.68 Å². The first kappa shape index (κ1) is 24.5. The van der Waals surface area contributed by atoms with Crippen LogP contribution in [0.1, 0.15) is 49.0 Å². The largest absolute Gasteiger partial charge is 0.494 e. The van der Waals surface area contributed by atoms with Crippen molar-refractivity contribution in [1.29, 1.82) is 0 Å². The molecule has 5 aromatic rings. The fraction of sp³-hybridized carbons (Fsp3) is 0.286. The SMILES string of the molecule is CCOc1ccc2[nH]c(=O)c(CN(Cc3ccccc3)[C@@H](CC)c3nnnn3Cc3ccco3)cc2c1. The van der Waals surface area contributed by atoms with Crippen molar-refractivity contribution in [2.24, 2.45) is 0 Å². The summed E-state index contributed by atoms with van der Waals surface area (Å²) in [6.07, 6.45) is 2.40. The van der Waals surface area contributed by atoms with Gasteiger partial charge in [-0.05, 0) is 65.7 Å². The van der Waals surface area contributed by atoms with Crippen LogP contribution in [0.25, 0.3) is 10.9 Å². The van der Waals surface area contributed by atoms with E-state index in [2.05, 4.69) is 44.5 Å². The molecule has 0 radical (unpaired) electrons. The average molecular weight is 499 g/mol. The van der Waals surface area contributed by atoms with Crippen LogP contribution in [-0.2, 0) is 19.6 Å². The Hall–Kier alpha value is -4.24. The first-order valence-electron chi connectivity index (χ1n) is 12.5. The van der Waals surface area contributed by atoms with Crippen molar-refractivity contribution < 1.29 is 9.15 Å².